The molecule has 0 bridgehead atoms. The first kappa shape index (κ1) is 19.9. The smallest absolute Gasteiger partial charge is 0.241 e. The predicted octanol–water partition coefficient (Wildman–Crippen LogP) is 4.69. The number of hydrogen-bond donors (Lipinski definition) is 1. The summed E-state index contributed by atoms with van der Waals surface area (Å²) in [5.74, 6) is 0. The van der Waals surface area contributed by atoms with Crippen LogP contribution in [0.3, 0.4) is 0 Å². The fourth-order valence-electron chi connectivity index (χ4n) is 4.37. The lowest BCUT2D eigenvalue weighted by Crippen LogP contribution is -2.24. The molecule has 4 aromatic rings. The third-order valence-electron chi connectivity index (χ3n) is 5.92. The minimum absolute atomic E-state index is 0.142. The summed E-state index contributed by atoms with van der Waals surface area (Å²) in [5.41, 5.74) is 2.76. The van der Waals surface area contributed by atoms with Gasteiger partial charge < -0.3 is 0 Å². The van der Waals surface area contributed by atoms with Crippen LogP contribution in [-0.2, 0) is 16.6 Å². The van der Waals surface area contributed by atoms with Gasteiger partial charge in [0.2, 0.25) is 10.0 Å². The van der Waals surface area contributed by atoms with Crippen molar-refractivity contribution in [1.29, 1.82) is 0 Å². The molecule has 0 saturated heterocycles. The summed E-state index contributed by atoms with van der Waals surface area (Å²) in [6.07, 6.45) is 8.13. The van der Waals surface area contributed by atoms with Gasteiger partial charge in [0.15, 0.2) is 0 Å². The Morgan fingerprint density at radius 1 is 0.968 bits per heavy atom. The monoisotopic (exact) mass is 432 g/mol. The molecule has 0 amide bonds. The fourth-order valence-corrected chi connectivity index (χ4v) is 5.60. The number of hydrogen-bond acceptors (Lipinski definition) is 4. The first-order chi connectivity index (χ1) is 15.1. The van der Waals surface area contributed by atoms with Gasteiger partial charge in [0.05, 0.1) is 28.9 Å². The molecule has 2 aromatic heterocycles. The first-order valence-electron chi connectivity index (χ1n) is 10.6. The maximum atomic E-state index is 13.1. The SMILES string of the molecule is O=S(=O)(NCc1cc(-c2ccncc2)n(C2CCCC2)n1)c1cccc2ccccc12. The summed E-state index contributed by atoms with van der Waals surface area (Å²) < 4.78 is 31.0. The number of benzene rings is 2. The zero-order valence-electron chi connectivity index (χ0n) is 17.1. The van der Waals surface area contributed by atoms with Crippen molar-refractivity contribution in [1.82, 2.24) is 19.5 Å². The highest BCUT2D eigenvalue weighted by Gasteiger charge is 2.23. The number of aromatic nitrogens is 3. The van der Waals surface area contributed by atoms with Gasteiger partial charge in [0.1, 0.15) is 0 Å². The van der Waals surface area contributed by atoms with Crippen molar-refractivity contribution in [2.45, 2.75) is 43.2 Å². The normalized spacial score (nSPS) is 15.0. The van der Waals surface area contributed by atoms with E-state index in [0.29, 0.717) is 17.1 Å². The van der Waals surface area contributed by atoms with E-state index in [4.69, 9.17) is 5.10 Å². The Balaban J connectivity index is 1.45. The van der Waals surface area contributed by atoms with E-state index in [9.17, 15) is 8.42 Å². The van der Waals surface area contributed by atoms with Gasteiger partial charge in [-0.2, -0.15) is 5.10 Å². The van der Waals surface area contributed by atoms with E-state index in [1.807, 2.05) is 48.5 Å². The second kappa shape index (κ2) is 8.24. The van der Waals surface area contributed by atoms with Gasteiger partial charge in [-0.3, -0.25) is 9.67 Å². The lowest BCUT2D eigenvalue weighted by atomic mass is 10.1. The molecule has 1 N–H and O–H groups in total. The molecular formula is C24H24N4O2S. The molecule has 7 heteroatoms. The van der Waals surface area contributed by atoms with Crippen LogP contribution in [0, 0.1) is 0 Å². The van der Waals surface area contributed by atoms with Crippen LogP contribution >= 0.6 is 0 Å². The standard InChI is InChI=1S/C24H24N4O2S/c29-31(30,24-11-5-7-18-6-1-4-10-22(18)24)26-17-20-16-23(19-12-14-25-15-13-19)28(27-20)21-8-2-3-9-21/h1,4-7,10-16,21,26H,2-3,8-9,17H2. The van der Waals surface area contributed by atoms with Gasteiger partial charge in [0.25, 0.3) is 0 Å². The number of fused-ring (bicyclic) bond motifs is 1. The van der Waals surface area contributed by atoms with Gasteiger partial charge in [-0.1, -0.05) is 49.2 Å². The minimum Gasteiger partial charge on any atom is -0.265 e. The fraction of sp³-hybridized carbons (Fsp3) is 0.250. The Morgan fingerprint density at radius 2 is 1.71 bits per heavy atom. The molecule has 1 aliphatic rings. The second-order valence-electron chi connectivity index (χ2n) is 7.94. The molecule has 31 heavy (non-hydrogen) atoms. The van der Waals surface area contributed by atoms with Crippen molar-refractivity contribution >= 4 is 20.8 Å². The van der Waals surface area contributed by atoms with Crippen molar-refractivity contribution in [3.05, 3.63) is 78.8 Å². The molecule has 1 aliphatic carbocycles. The van der Waals surface area contributed by atoms with Crippen molar-refractivity contribution in [3.63, 3.8) is 0 Å². The van der Waals surface area contributed by atoms with Gasteiger partial charge in [-0.25, -0.2) is 13.1 Å². The van der Waals surface area contributed by atoms with Gasteiger partial charge in [0, 0.05) is 23.3 Å². The summed E-state index contributed by atoms with van der Waals surface area (Å²) >= 11 is 0. The molecule has 2 heterocycles. The van der Waals surface area contributed by atoms with Gasteiger partial charge in [-0.05, 0) is 42.5 Å². The highest BCUT2D eigenvalue weighted by molar-refractivity contribution is 7.89. The number of nitrogens with zero attached hydrogens (tertiary/aromatic N) is 3. The summed E-state index contributed by atoms with van der Waals surface area (Å²) in [5, 5.41) is 6.41. The third kappa shape index (κ3) is 3.98. The molecule has 0 unspecified atom stereocenters. The lowest BCUT2D eigenvalue weighted by molar-refractivity contribution is 0.467. The van der Waals surface area contributed by atoms with Crippen molar-refractivity contribution < 1.29 is 8.42 Å². The molecule has 1 saturated carbocycles. The minimum atomic E-state index is -3.68. The average molecular weight is 433 g/mol. The summed E-state index contributed by atoms with van der Waals surface area (Å²) in [7, 11) is -3.68. The zero-order valence-corrected chi connectivity index (χ0v) is 17.9. The average Bonchev–Trinajstić information content (AvgIpc) is 3.48. The maximum absolute atomic E-state index is 13.1. The molecule has 0 radical (unpaired) electrons. The van der Waals surface area contributed by atoms with Crippen LogP contribution in [-0.4, -0.2) is 23.2 Å². The zero-order chi connectivity index (χ0) is 21.3. The Hall–Kier alpha value is -3.03. The van der Waals surface area contributed by atoms with E-state index in [0.717, 1.165) is 29.5 Å². The topological polar surface area (TPSA) is 76.9 Å². The van der Waals surface area contributed by atoms with Crippen LogP contribution in [0.4, 0.5) is 0 Å². The molecule has 5 rings (SSSR count). The number of sulfonamides is 1. The van der Waals surface area contributed by atoms with Crippen molar-refractivity contribution in [2.24, 2.45) is 0 Å². The summed E-state index contributed by atoms with van der Waals surface area (Å²) in [4.78, 5) is 4.40. The highest BCUT2D eigenvalue weighted by Crippen LogP contribution is 2.33. The molecule has 0 spiro atoms. The summed E-state index contributed by atoms with van der Waals surface area (Å²) in [6.45, 7) is 0.142. The largest absolute Gasteiger partial charge is 0.265 e. The van der Waals surface area contributed by atoms with Crippen LogP contribution in [0.25, 0.3) is 22.0 Å². The molecule has 0 aliphatic heterocycles. The van der Waals surface area contributed by atoms with Gasteiger partial charge >= 0.3 is 0 Å². The first-order valence-corrected chi connectivity index (χ1v) is 12.1. The highest BCUT2D eigenvalue weighted by atomic mass is 32.2. The van der Waals surface area contributed by atoms with E-state index in [-0.39, 0.29) is 11.4 Å². The van der Waals surface area contributed by atoms with Crippen LogP contribution in [0.5, 0.6) is 0 Å². The maximum Gasteiger partial charge on any atom is 0.241 e. The van der Waals surface area contributed by atoms with E-state index >= 15 is 0 Å². The Labute approximate surface area is 182 Å². The Bertz CT molecular complexity index is 1300. The molecule has 6 nitrogen and oxygen atoms in total. The van der Waals surface area contributed by atoms with E-state index < -0.39 is 10.0 Å². The number of rotatable bonds is 6. The van der Waals surface area contributed by atoms with Crippen LogP contribution in [0.15, 0.2) is 78.0 Å². The van der Waals surface area contributed by atoms with E-state index in [1.54, 1.807) is 24.5 Å². The van der Waals surface area contributed by atoms with Crippen LogP contribution < -0.4 is 4.72 Å². The number of nitrogens with one attached hydrogen (secondary N) is 1. The summed E-state index contributed by atoms with van der Waals surface area (Å²) in [6, 6.07) is 19.1. The lowest BCUT2D eigenvalue weighted by Gasteiger charge is -2.14. The second-order valence-corrected chi connectivity index (χ2v) is 9.68. The van der Waals surface area contributed by atoms with E-state index in [1.165, 1.54) is 12.8 Å². The van der Waals surface area contributed by atoms with Crippen LogP contribution in [0.2, 0.25) is 0 Å². The molecule has 1 fully saturated rings. The Morgan fingerprint density at radius 3 is 2.52 bits per heavy atom. The van der Waals surface area contributed by atoms with Crippen molar-refractivity contribution in [3.8, 4) is 11.3 Å². The molecule has 0 atom stereocenters. The third-order valence-corrected chi connectivity index (χ3v) is 7.37. The van der Waals surface area contributed by atoms with Gasteiger partial charge in [-0.15, -0.1) is 0 Å². The molecule has 158 valence electrons. The quantitative estimate of drug-likeness (QED) is 0.479. The number of pyridine rings is 1. The molecular weight excluding hydrogens is 408 g/mol. The predicted molar refractivity (Wildman–Crippen MR) is 121 cm³/mol. The molecule has 2 aromatic carbocycles. The Kier molecular flexibility index (Phi) is 5.29. The van der Waals surface area contributed by atoms with E-state index in [2.05, 4.69) is 14.4 Å². The van der Waals surface area contributed by atoms with Crippen molar-refractivity contribution in [2.75, 3.05) is 0 Å². The van der Waals surface area contributed by atoms with Crippen LogP contribution in [0.1, 0.15) is 37.4 Å².